The average Bonchev–Trinajstić information content (AvgIpc) is 1.99. The lowest BCUT2D eigenvalue weighted by atomic mass is 10.0. The normalized spacial score (nSPS) is 13.1. The van der Waals surface area contributed by atoms with Crippen molar-refractivity contribution in [2.24, 2.45) is 5.92 Å². The molecule has 0 aromatic rings. The SMILES string of the molecule is CCC(=O)C(CC)COC. The number of carbonyl (C=O) groups excluding carboxylic acids is 1. The maximum Gasteiger partial charge on any atom is 0.137 e. The lowest BCUT2D eigenvalue weighted by Crippen LogP contribution is -2.17. The summed E-state index contributed by atoms with van der Waals surface area (Å²) in [5, 5.41) is 0. The lowest BCUT2D eigenvalue weighted by Gasteiger charge is -2.09. The van der Waals surface area contributed by atoms with Crippen LogP contribution in [-0.4, -0.2) is 19.5 Å². The Hall–Kier alpha value is -0.370. The van der Waals surface area contributed by atoms with Crippen LogP contribution in [0.3, 0.4) is 0 Å². The zero-order chi connectivity index (χ0) is 7.98. The van der Waals surface area contributed by atoms with Gasteiger partial charge in [0.1, 0.15) is 5.78 Å². The monoisotopic (exact) mass is 144 g/mol. The van der Waals surface area contributed by atoms with Crippen molar-refractivity contribution in [2.75, 3.05) is 13.7 Å². The van der Waals surface area contributed by atoms with Gasteiger partial charge in [-0.05, 0) is 6.42 Å². The zero-order valence-electron chi connectivity index (χ0n) is 7.02. The molecule has 0 aromatic carbocycles. The van der Waals surface area contributed by atoms with Gasteiger partial charge in [-0.15, -0.1) is 0 Å². The van der Waals surface area contributed by atoms with E-state index in [0.29, 0.717) is 18.8 Å². The van der Waals surface area contributed by atoms with Crippen LogP contribution in [0, 0.1) is 5.92 Å². The molecule has 2 heteroatoms. The van der Waals surface area contributed by atoms with Gasteiger partial charge in [0.15, 0.2) is 0 Å². The van der Waals surface area contributed by atoms with Crippen LogP contribution in [0.1, 0.15) is 26.7 Å². The second-order valence-corrected chi connectivity index (χ2v) is 2.38. The van der Waals surface area contributed by atoms with Gasteiger partial charge < -0.3 is 4.74 Å². The minimum Gasteiger partial charge on any atom is -0.384 e. The quantitative estimate of drug-likeness (QED) is 0.586. The molecule has 0 spiro atoms. The van der Waals surface area contributed by atoms with Crippen molar-refractivity contribution in [2.45, 2.75) is 26.7 Å². The van der Waals surface area contributed by atoms with Crippen LogP contribution < -0.4 is 0 Å². The topological polar surface area (TPSA) is 26.3 Å². The molecule has 1 unspecified atom stereocenters. The molecule has 0 bridgehead atoms. The number of Topliss-reactive ketones (excluding diaryl/α,β-unsaturated/α-hetero) is 1. The Balaban J connectivity index is 3.68. The van der Waals surface area contributed by atoms with Gasteiger partial charge in [-0.3, -0.25) is 4.79 Å². The predicted octanol–water partition coefficient (Wildman–Crippen LogP) is 1.64. The summed E-state index contributed by atoms with van der Waals surface area (Å²) in [6.45, 7) is 4.47. The van der Waals surface area contributed by atoms with Crippen molar-refractivity contribution in [3.63, 3.8) is 0 Å². The van der Waals surface area contributed by atoms with Gasteiger partial charge >= 0.3 is 0 Å². The van der Waals surface area contributed by atoms with Crippen LogP contribution >= 0.6 is 0 Å². The maximum atomic E-state index is 11.1. The second kappa shape index (κ2) is 5.42. The van der Waals surface area contributed by atoms with Gasteiger partial charge in [-0.2, -0.15) is 0 Å². The van der Waals surface area contributed by atoms with Gasteiger partial charge in [-0.25, -0.2) is 0 Å². The van der Waals surface area contributed by atoms with Gasteiger partial charge in [0.05, 0.1) is 6.61 Å². The molecule has 60 valence electrons. The third-order valence-electron chi connectivity index (χ3n) is 1.66. The summed E-state index contributed by atoms with van der Waals surface area (Å²) in [5.74, 6) is 0.430. The number of ether oxygens (including phenoxy) is 1. The third kappa shape index (κ3) is 2.97. The summed E-state index contributed by atoms with van der Waals surface area (Å²) in [7, 11) is 1.63. The van der Waals surface area contributed by atoms with Gasteiger partial charge in [0.25, 0.3) is 0 Å². The maximum absolute atomic E-state index is 11.1. The highest BCUT2D eigenvalue weighted by Gasteiger charge is 2.12. The van der Waals surface area contributed by atoms with Crippen molar-refractivity contribution in [3.05, 3.63) is 0 Å². The molecule has 0 aliphatic heterocycles. The van der Waals surface area contributed by atoms with E-state index < -0.39 is 0 Å². The summed E-state index contributed by atoms with van der Waals surface area (Å²) in [6, 6.07) is 0. The van der Waals surface area contributed by atoms with E-state index in [9.17, 15) is 4.79 Å². The van der Waals surface area contributed by atoms with Gasteiger partial charge in [0.2, 0.25) is 0 Å². The van der Waals surface area contributed by atoms with Crippen LogP contribution in [-0.2, 0) is 9.53 Å². The Morgan fingerprint density at radius 1 is 1.50 bits per heavy atom. The number of carbonyl (C=O) groups is 1. The summed E-state index contributed by atoms with van der Waals surface area (Å²) in [4.78, 5) is 11.1. The highest BCUT2D eigenvalue weighted by atomic mass is 16.5. The van der Waals surface area contributed by atoms with E-state index in [0.717, 1.165) is 6.42 Å². The Labute approximate surface area is 62.6 Å². The van der Waals surface area contributed by atoms with Crippen LogP contribution in [0.4, 0.5) is 0 Å². The molecule has 0 rings (SSSR count). The Morgan fingerprint density at radius 3 is 2.40 bits per heavy atom. The molecule has 2 nitrogen and oxygen atoms in total. The first-order valence-corrected chi connectivity index (χ1v) is 3.77. The molecule has 0 aliphatic rings. The smallest absolute Gasteiger partial charge is 0.137 e. The molecular formula is C8H16O2. The summed E-state index contributed by atoms with van der Waals surface area (Å²) < 4.78 is 4.90. The minimum atomic E-state index is 0.120. The van der Waals surface area contributed by atoms with E-state index in [-0.39, 0.29) is 5.92 Å². The molecule has 0 amide bonds. The van der Waals surface area contributed by atoms with Crippen molar-refractivity contribution in [1.82, 2.24) is 0 Å². The molecule has 0 fully saturated rings. The third-order valence-corrected chi connectivity index (χ3v) is 1.66. The Morgan fingerprint density at radius 2 is 2.10 bits per heavy atom. The van der Waals surface area contributed by atoms with E-state index in [1.165, 1.54) is 0 Å². The number of hydrogen-bond donors (Lipinski definition) is 0. The van der Waals surface area contributed by atoms with E-state index in [4.69, 9.17) is 4.74 Å². The zero-order valence-corrected chi connectivity index (χ0v) is 7.02. The molecule has 0 N–H and O–H groups in total. The fourth-order valence-corrected chi connectivity index (χ4v) is 0.928. The van der Waals surface area contributed by atoms with Crippen LogP contribution in [0.15, 0.2) is 0 Å². The van der Waals surface area contributed by atoms with Crippen molar-refractivity contribution in [1.29, 1.82) is 0 Å². The lowest BCUT2D eigenvalue weighted by molar-refractivity contribution is -0.124. The van der Waals surface area contributed by atoms with E-state index >= 15 is 0 Å². The molecule has 0 heterocycles. The predicted molar refractivity (Wildman–Crippen MR) is 41.0 cm³/mol. The summed E-state index contributed by atoms with van der Waals surface area (Å²) in [6.07, 6.45) is 1.52. The summed E-state index contributed by atoms with van der Waals surface area (Å²) >= 11 is 0. The number of rotatable bonds is 5. The number of hydrogen-bond acceptors (Lipinski definition) is 2. The first kappa shape index (κ1) is 9.63. The van der Waals surface area contributed by atoms with Crippen LogP contribution in [0.2, 0.25) is 0 Å². The first-order valence-electron chi connectivity index (χ1n) is 3.77. The molecule has 0 saturated heterocycles. The van der Waals surface area contributed by atoms with Gasteiger partial charge in [0, 0.05) is 19.4 Å². The van der Waals surface area contributed by atoms with Crippen molar-refractivity contribution in [3.8, 4) is 0 Å². The van der Waals surface area contributed by atoms with Crippen molar-refractivity contribution >= 4 is 5.78 Å². The highest BCUT2D eigenvalue weighted by molar-refractivity contribution is 5.80. The molecule has 10 heavy (non-hydrogen) atoms. The van der Waals surface area contributed by atoms with Crippen LogP contribution in [0.25, 0.3) is 0 Å². The fraction of sp³-hybridized carbons (Fsp3) is 0.875. The van der Waals surface area contributed by atoms with E-state index in [1.54, 1.807) is 7.11 Å². The van der Waals surface area contributed by atoms with Crippen LogP contribution in [0.5, 0.6) is 0 Å². The van der Waals surface area contributed by atoms with E-state index in [1.807, 2.05) is 13.8 Å². The second-order valence-electron chi connectivity index (χ2n) is 2.38. The molecule has 0 radical (unpaired) electrons. The molecule has 0 aliphatic carbocycles. The summed E-state index contributed by atoms with van der Waals surface area (Å²) in [5.41, 5.74) is 0. The fourth-order valence-electron chi connectivity index (χ4n) is 0.928. The van der Waals surface area contributed by atoms with E-state index in [2.05, 4.69) is 0 Å². The minimum absolute atomic E-state index is 0.120. The number of methoxy groups -OCH3 is 1. The van der Waals surface area contributed by atoms with Gasteiger partial charge in [-0.1, -0.05) is 13.8 Å². The highest BCUT2D eigenvalue weighted by Crippen LogP contribution is 2.06. The average molecular weight is 144 g/mol. The molecule has 1 atom stereocenters. The number of ketones is 1. The molecule has 0 saturated carbocycles. The largest absolute Gasteiger partial charge is 0.384 e. The molecule has 0 aromatic heterocycles. The first-order chi connectivity index (χ1) is 4.76. The van der Waals surface area contributed by atoms with Crippen molar-refractivity contribution < 1.29 is 9.53 Å². The standard InChI is InChI=1S/C8H16O2/c1-4-7(6-10-3)8(9)5-2/h7H,4-6H2,1-3H3. The molecular weight excluding hydrogens is 128 g/mol. The Kier molecular flexibility index (Phi) is 5.22. The Bertz CT molecular complexity index is 99.4.